The summed E-state index contributed by atoms with van der Waals surface area (Å²) in [5.41, 5.74) is 0.995. The van der Waals surface area contributed by atoms with Crippen molar-refractivity contribution in [2.24, 2.45) is 0 Å². The molecule has 0 saturated carbocycles. The molecule has 3 rings (SSSR count). The standard InChI is InChI=1S/C15H21BO4/c1-14(2)15(3,4)20-16(19-14)13-11(10-8-18-9-10)6-5-7-12(13)17/h5-7,10,17H,8-9H2,1-4H3. The van der Waals surface area contributed by atoms with Crippen molar-refractivity contribution in [3.8, 4) is 5.75 Å². The fourth-order valence-corrected chi connectivity index (χ4v) is 2.56. The minimum atomic E-state index is -0.531. The number of benzene rings is 1. The molecule has 2 saturated heterocycles. The maximum atomic E-state index is 10.3. The van der Waals surface area contributed by atoms with Crippen LogP contribution in [-0.4, -0.2) is 36.6 Å². The van der Waals surface area contributed by atoms with Gasteiger partial charge in [-0.1, -0.05) is 12.1 Å². The smallest absolute Gasteiger partial charge is 0.498 e. The molecule has 1 N–H and O–H groups in total. The molecule has 0 aromatic heterocycles. The molecule has 2 aliphatic rings. The lowest BCUT2D eigenvalue weighted by Gasteiger charge is -2.32. The lowest BCUT2D eigenvalue weighted by molar-refractivity contribution is 0.00578. The molecule has 0 atom stereocenters. The fraction of sp³-hybridized carbons (Fsp3) is 0.600. The minimum Gasteiger partial charge on any atom is -0.508 e. The van der Waals surface area contributed by atoms with Gasteiger partial charge in [-0.25, -0.2) is 0 Å². The van der Waals surface area contributed by atoms with E-state index in [2.05, 4.69) is 0 Å². The molecule has 2 aliphatic heterocycles. The summed E-state index contributed by atoms with van der Waals surface area (Å²) in [6, 6.07) is 5.56. The summed E-state index contributed by atoms with van der Waals surface area (Å²) in [6.07, 6.45) is 0. The van der Waals surface area contributed by atoms with Crippen molar-refractivity contribution in [3.05, 3.63) is 23.8 Å². The summed E-state index contributed by atoms with van der Waals surface area (Å²) in [5, 5.41) is 10.3. The van der Waals surface area contributed by atoms with E-state index < -0.39 is 18.3 Å². The molecule has 0 spiro atoms. The van der Waals surface area contributed by atoms with Gasteiger partial charge in [0, 0.05) is 11.4 Å². The maximum absolute atomic E-state index is 10.3. The van der Waals surface area contributed by atoms with E-state index in [1.165, 1.54) is 0 Å². The van der Waals surface area contributed by atoms with Crippen LogP contribution in [0.4, 0.5) is 0 Å². The molecule has 20 heavy (non-hydrogen) atoms. The Morgan fingerprint density at radius 2 is 1.70 bits per heavy atom. The molecule has 2 fully saturated rings. The second-order valence-electron chi connectivity index (χ2n) is 6.60. The van der Waals surface area contributed by atoms with Crippen molar-refractivity contribution in [1.29, 1.82) is 0 Å². The first-order valence-electron chi connectivity index (χ1n) is 7.07. The number of rotatable bonds is 2. The van der Waals surface area contributed by atoms with Crippen molar-refractivity contribution in [1.82, 2.24) is 0 Å². The Morgan fingerprint density at radius 1 is 1.10 bits per heavy atom. The van der Waals surface area contributed by atoms with Crippen LogP contribution in [0.1, 0.15) is 39.2 Å². The maximum Gasteiger partial charge on any atom is 0.498 e. The van der Waals surface area contributed by atoms with Gasteiger partial charge in [0.05, 0.1) is 24.4 Å². The van der Waals surface area contributed by atoms with Crippen molar-refractivity contribution >= 4 is 12.6 Å². The summed E-state index contributed by atoms with van der Waals surface area (Å²) in [4.78, 5) is 0. The SMILES string of the molecule is CC1(C)OB(c2c(O)cccc2C2COC2)OC1(C)C. The molecule has 0 aliphatic carbocycles. The minimum absolute atomic E-state index is 0.230. The van der Waals surface area contributed by atoms with Crippen LogP contribution in [0.5, 0.6) is 5.75 Å². The van der Waals surface area contributed by atoms with Crippen LogP contribution in [0.15, 0.2) is 18.2 Å². The number of aromatic hydroxyl groups is 1. The number of phenolic OH excluding ortho intramolecular Hbond substituents is 1. The molecular weight excluding hydrogens is 255 g/mol. The van der Waals surface area contributed by atoms with E-state index in [-0.39, 0.29) is 5.75 Å². The number of hydrogen-bond acceptors (Lipinski definition) is 4. The normalized spacial score (nSPS) is 24.7. The molecule has 0 bridgehead atoms. The molecule has 108 valence electrons. The van der Waals surface area contributed by atoms with Crippen molar-refractivity contribution in [3.63, 3.8) is 0 Å². The van der Waals surface area contributed by atoms with Crippen molar-refractivity contribution in [2.45, 2.75) is 44.8 Å². The third kappa shape index (κ3) is 2.05. The summed E-state index contributed by atoms with van der Waals surface area (Å²) in [7, 11) is -0.531. The molecule has 0 unspecified atom stereocenters. The van der Waals surface area contributed by atoms with Gasteiger partial charge >= 0.3 is 7.12 Å². The molecule has 1 aromatic rings. The number of phenols is 1. The number of ether oxygens (including phenoxy) is 1. The van der Waals surface area contributed by atoms with Crippen molar-refractivity contribution < 1.29 is 19.2 Å². The third-order valence-electron chi connectivity index (χ3n) is 4.68. The molecular formula is C15H21BO4. The second-order valence-corrected chi connectivity index (χ2v) is 6.60. The summed E-state index contributed by atoms with van der Waals surface area (Å²) >= 11 is 0. The Balaban J connectivity index is 1.99. The van der Waals surface area contributed by atoms with Gasteiger partial charge in [-0.05, 0) is 39.3 Å². The highest BCUT2D eigenvalue weighted by atomic mass is 16.7. The highest BCUT2D eigenvalue weighted by molar-refractivity contribution is 6.63. The summed E-state index contributed by atoms with van der Waals surface area (Å²) in [5.74, 6) is 0.545. The zero-order valence-corrected chi connectivity index (χ0v) is 12.5. The topological polar surface area (TPSA) is 47.9 Å². The molecule has 1 aromatic carbocycles. The number of hydrogen-bond donors (Lipinski definition) is 1. The van der Waals surface area contributed by atoms with E-state index >= 15 is 0 Å². The van der Waals surface area contributed by atoms with Gasteiger partial charge in [0.25, 0.3) is 0 Å². The Morgan fingerprint density at radius 3 is 2.20 bits per heavy atom. The van der Waals surface area contributed by atoms with E-state index in [4.69, 9.17) is 14.0 Å². The highest BCUT2D eigenvalue weighted by Crippen LogP contribution is 2.38. The first-order chi connectivity index (χ1) is 9.32. The monoisotopic (exact) mass is 276 g/mol. The Bertz CT molecular complexity index is 507. The first-order valence-corrected chi connectivity index (χ1v) is 7.07. The van der Waals surface area contributed by atoms with E-state index in [0.717, 1.165) is 11.0 Å². The molecule has 0 radical (unpaired) electrons. The van der Waals surface area contributed by atoms with Gasteiger partial charge < -0.3 is 19.2 Å². The summed E-state index contributed by atoms with van der Waals surface area (Å²) in [6.45, 7) is 9.43. The van der Waals surface area contributed by atoms with E-state index in [1.54, 1.807) is 6.07 Å². The quantitative estimate of drug-likeness (QED) is 0.837. The van der Waals surface area contributed by atoms with E-state index in [1.807, 2.05) is 39.8 Å². The van der Waals surface area contributed by atoms with Gasteiger partial charge in [-0.15, -0.1) is 0 Å². The second kappa shape index (κ2) is 4.48. The van der Waals surface area contributed by atoms with Crippen LogP contribution in [0.2, 0.25) is 0 Å². The largest absolute Gasteiger partial charge is 0.508 e. The zero-order chi connectivity index (χ0) is 14.5. The Kier molecular flexibility index (Phi) is 3.12. The lowest BCUT2D eigenvalue weighted by atomic mass is 9.72. The molecule has 4 nitrogen and oxygen atoms in total. The predicted molar refractivity (Wildman–Crippen MR) is 77.4 cm³/mol. The van der Waals surface area contributed by atoms with Crippen LogP contribution in [0.3, 0.4) is 0 Å². The average Bonchev–Trinajstić information content (AvgIpc) is 2.45. The van der Waals surface area contributed by atoms with Crippen molar-refractivity contribution in [2.75, 3.05) is 13.2 Å². The first kappa shape index (κ1) is 13.9. The zero-order valence-electron chi connectivity index (χ0n) is 12.5. The van der Waals surface area contributed by atoms with Crippen LogP contribution in [0.25, 0.3) is 0 Å². The fourth-order valence-electron chi connectivity index (χ4n) is 2.56. The lowest BCUT2D eigenvalue weighted by Crippen LogP contribution is -2.41. The van der Waals surface area contributed by atoms with Gasteiger partial charge in [0.15, 0.2) is 0 Å². The highest BCUT2D eigenvalue weighted by Gasteiger charge is 2.53. The van der Waals surface area contributed by atoms with Gasteiger partial charge in [0.1, 0.15) is 5.75 Å². The predicted octanol–water partition coefficient (Wildman–Crippen LogP) is 1.81. The van der Waals surface area contributed by atoms with Crippen LogP contribution in [-0.2, 0) is 14.0 Å². The van der Waals surface area contributed by atoms with E-state index in [0.29, 0.717) is 19.1 Å². The van der Waals surface area contributed by atoms with Crippen LogP contribution in [0, 0.1) is 0 Å². The van der Waals surface area contributed by atoms with E-state index in [9.17, 15) is 5.11 Å². The van der Waals surface area contributed by atoms with Gasteiger partial charge in [-0.3, -0.25) is 0 Å². The Hall–Kier alpha value is -1.04. The Labute approximate surface area is 120 Å². The molecule has 0 amide bonds. The average molecular weight is 276 g/mol. The van der Waals surface area contributed by atoms with Crippen LogP contribution < -0.4 is 5.46 Å². The van der Waals surface area contributed by atoms with Gasteiger partial charge in [0.2, 0.25) is 0 Å². The molecule has 2 heterocycles. The van der Waals surface area contributed by atoms with Crippen LogP contribution >= 0.6 is 0 Å². The summed E-state index contributed by atoms with van der Waals surface area (Å²) < 4.78 is 17.4. The van der Waals surface area contributed by atoms with Gasteiger partial charge in [-0.2, -0.15) is 0 Å². The molecule has 5 heteroatoms. The third-order valence-corrected chi connectivity index (χ3v) is 4.68.